The largest absolute Gasteiger partial charge is 0.479 e. The lowest BCUT2D eigenvalue weighted by molar-refractivity contribution is -0.147. The van der Waals surface area contributed by atoms with E-state index in [2.05, 4.69) is 0 Å². The number of aryl methyl sites for hydroxylation is 1. The zero-order valence-electron chi connectivity index (χ0n) is 11.5. The fourth-order valence-electron chi connectivity index (χ4n) is 1.87. The van der Waals surface area contributed by atoms with Gasteiger partial charge in [-0.3, -0.25) is 4.79 Å². The number of carbonyl (C=O) groups excluding carboxylic acids is 1. The molecule has 0 bridgehead atoms. The van der Waals surface area contributed by atoms with Crippen molar-refractivity contribution in [2.45, 2.75) is 30.8 Å². The minimum absolute atomic E-state index is 0.230. The van der Waals surface area contributed by atoms with Gasteiger partial charge in [-0.05, 0) is 25.2 Å². The third-order valence-corrected chi connectivity index (χ3v) is 3.67. The summed E-state index contributed by atoms with van der Waals surface area (Å²) >= 11 is 1.36. The quantitative estimate of drug-likeness (QED) is 0.592. The molecule has 0 aromatic heterocycles. The average Bonchev–Trinajstić information content (AvgIpc) is 2.43. The molecule has 1 atom stereocenters. The third kappa shape index (κ3) is 4.25. The molecule has 0 saturated heterocycles. The van der Waals surface area contributed by atoms with Gasteiger partial charge >= 0.3 is 11.9 Å². The lowest BCUT2D eigenvalue weighted by Crippen LogP contribution is -2.13. The summed E-state index contributed by atoms with van der Waals surface area (Å²) in [5.74, 6) is -1.58. The number of aliphatic hydroxyl groups is 1. The van der Waals surface area contributed by atoms with E-state index >= 15 is 0 Å². The number of hydrogen-bond donors (Lipinski definition) is 2. The minimum Gasteiger partial charge on any atom is -0.479 e. The molecule has 20 heavy (non-hydrogen) atoms. The summed E-state index contributed by atoms with van der Waals surface area (Å²) in [6, 6.07) is 5.09. The molecule has 5 nitrogen and oxygen atoms in total. The molecule has 0 fully saturated rings. The predicted octanol–water partition coefficient (Wildman–Crippen LogP) is 2.02. The molecule has 0 spiro atoms. The molecule has 1 aromatic rings. The summed E-state index contributed by atoms with van der Waals surface area (Å²) in [6.45, 7) is 2.08. The van der Waals surface area contributed by atoms with Gasteiger partial charge in [0.15, 0.2) is 6.10 Å². The highest BCUT2D eigenvalue weighted by Gasteiger charge is 2.21. The van der Waals surface area contributed by atoms with Crippen LogP contribution in [0, 0.1) is 0 Å². The van der Waals surface area contributed by atoms with Crippen LogP contribution < -0.4 is 0 Å². The molecule has 2 N–H and O–H groups in total. The second-order valence-corrected chi connectivity index (χ2v) is 4.90. The van der Waals surface area contributed by atoms with Crippen LogP contribution in [0.5, 0.6) is 0 Å². The highest BCUT2D eigenvalue weighted by Crippen LogP contribution is 2.30. The van der Waals surface area contributed by atoms with Gasteiger partial charge in [0.2, 0.25) is 0 Å². The number of rotatable bonds is 7. The van der Waals surface area contributed by atoms with Crippen LogP contribution in [0.25, 0.3) is 0 Å². The topological polar surface area (TPSA) is 83.8 Å². The number of aliphatic hydroxyl groups excluding tert-OH is 1. The van der Waals surface area contributed by atoms with Crippen LogP contribution in [0.1, 0.15) is 30.6 Å². The van der Waals surface area contributed by atoms with Crippen LogP contribution in [0.4, 0.5) is 0 Å². The van der Waals surface area contributed by atoms with Crippen molar-refractivity contribution < 1.29 is 24.5 Å². The van der Waals surface area contributed by atoms with Crippen LogP contribution in [0.15, 0.2) is 23.1 Å². The summed E-state index contributed by atoms with van der Waals surface area (Å²) in [5.41, 5.74) is 1.19. The first kappa shape index (κ1) is 16.5. The highest BCUT2D eigenvalue weighted by molar-refractivity contribution is 7.98. The van der Waals surface area contributed by atoms with Gasteiger partial charge in [0.05, 0.1) is 6.61 Å². The minimum atomic E-state index is -1.56. The third-order valence-electron chi connectivity index (χ3n) is 2.76. The van der Waals surface area contributed by atoms with E-state index < -0.39 is 12.1 Å². The Morgan fingerprint density at radius 1 is 1.40 bits per heavy atom. The van der Waals surface area contributed by atoms with E-state index in [1.807, 2.05) is 6.07 Å². The Labute approximate surface area is 121 Å². The molecule has 0 heterocycles. The summed E-state index contributed by atoms with van der Waals surface area (Å²) in [7, 11) is 0. The van der Waals surface area contributed by atoms with Crippen molar-refractivity contribution in [1.29, 1.82) is 0 Å². The Morgan fingerprint density at radius 3 is 2.65 bits per heavy atom. The van der Waals surface area contributed by atoms with Gasteiger partial charge in [0.25, 0.3) is 0 Å². The lowest BCUT2D eigenvalue weighted by atomic mass is 10.0. The first-order valence-corrected chi connectivity index (χ1v) is 7.46. The number of hydrogen-bond acceptors (Lipinski definition) is 5. The highest BCUT2D eigenvalue weighted by atomic mass is 32.2. The smallest absolute Gasteiger partial charge is 0.337 e. The lowest BCUT2D eigenvalue weighted by Gasteiger charge is -2.14. The van der Waals surface area contributed by atoms with E-state index in [1.165, 1.54) is 11.8 Å². The Balaban J connectivity index is 2.94. The summed E-state index contributed by atoms with van der Waals surface area (Å²) in [4.78, 5) is 23.0. The van der Waals surface area contributed by atoms with E-state index in [1.54, 1.807) is 25.3 Å². The molecule has 0 amide bonds. The fourth-order valence-corrected chi connectivity index (χ4v) is 2.72. The van der Waals surface area contributed by atoms with E-state index in [-0.39, 0.29) is 12.4 Å². The van der Waals surface area contributed by atoms with E-state index in [4.69, 9.17) is 9.84 Å². The van der Waals surface area contributed by atoms with Crippen molar-refractivity contribution in [2.24, 2.45) is 0 Å². The molecule has 0 aliphatic heterocycles. The summed E-state index contributed by atoms with van der Waals surface area (Å²) < 4.78 is 4.86. The number of aliphatic carboxylic acids is 1. The number of esters is 1. The van der Waals surface area contributed by atoms with Crippen LogP contribution in [-0.2, 0) is 20.7 Å². The number of ether oxygens (including phenoxy) is 1. The number of carboxylic acid groups (broad SMARTS) is 1. The second kappa shape index (κ2) is 7.91. The van der Waals surface area contributed by atoms with Gasteiger partial charge in [-0.1, -0.05) is 18.2 Å². The number of carboxylic acids is 1. The molecule has 1 rings (SSSR count). The van der Waals surface area contributed by atoms with Crippen LogP contribution in [-0.4, -0.2) is 35.0 Å². The number of carbonyl (C=O) groups is 2. The van der Waals surface area contributed by atoms with Crippen molar-refractivity contribution in [2.75, 3.05) is 12.9 Å². The van der Waals surface area contributed by atoms with Gasteiger partial charge in [-0.25, -0.2) is 4.79 Å². The van der Waals surface area contributed by atoms with E-state index in [0.717, 1.165) is 5.56 Å². The van der Waals surface area contributed by atoms with E-state index in [9.17, 15) is 14.7 Å². The molecular weight excluding hydrogens is 280 g/mol. The zero-order chi connectivity index (χ0) is 15.1. The van der Waals surface area contributed by atoms with Gasteiger partial charge in [0, 0.05) is 16.9 Å². The van der Waals surface area contributed by atoms with Gasteiger partial charge < -0.3 is 14.9 Å². The molecule has 0 aliphatic rings. The maximum absolute atomic E-state index is 11.4. The van der Waals surface area contributed by atoms with Crippen LogP contribution in [0.3, 0.4) is 0 Å². The Kier molecular flexibility index (Phi) is 6.54. The average molecular weight is 298 g/mol. The zero-order valence-corrected chi connectivity index (χ0v) is 12.3. The van der Waals surface area contributed by atoms with Crippen LogP contribution >= 0.6 is 11.8 Å². The van der Waals surface area contributed by atoms with Crippen molar-refractivity contribution >= 4 is 23.7 Å². The van der Waals surface area contributed by atoms with Gasteiger partial charge in [0.1, 0.15) is 0 Å². The van der Waals surface area contributed by atoms with Gasteiger partial charge in [-0.2, -0.15) is 0 Å². The normalized spacial score (nSPS) is 11.9. The fraction of sp³-hybridized carbons (Fsp3) is 0.429. The molecule has 0 saturated carbocycles. The monoisotopic (exact) mass is 298 g/mol. The molecule has 0 aliphatic carbocycles. The predicted molar refractivity (Wildman–Crippen MR) is 75.8 cm³/mol. The van der Waals surface area contributed by atoms with Crippen molar-refractivity contribution in [3.63, 3.8) is 0 Å². The Hall–Kier alpha value is -1.53. The first-order valence-electron chi connectivity index (χ1n) is 6.23. The molecule has 1 unspecified atom stereocenters. The number of thioether (sulfide) groups is 1. The standard InChI is InChI=1S/C14H18O5S/c1-3-19-11(15)8-7-9-5-4-6-10(13(9)20-2)12(16)14(17)18/h4-6,12,16H,3,7-8H2,1-2H3,(H,17,18). The molecule has 6 heteroatoms. The van der Waals surface area contributed by atoms with Gasteiger partial charge in [-0.15, -0.1) is 11.8 Å². The SMILES string of the molecule is CCOC(=O)CCc1cccc(C(O)C(=O)O)c1SC. The Morgan fingerprint density at radius 2 is 2.10 bits per heavy atom. The van der Waals surface area contributed by atoms with Crippen LogP contribution in [0.2, 0.25) is 0 Å². The van der Waals surface area contributed by atoms with Crippen molar-refractivity contribution in [3.05, 3.63) is 29.3 Å². The second-order valence-electron chi connectivity index (χ2n) is 4.09. The molecule has 0 radical (unpaired) electrons. The first-order chi connectivity index (χ1) is 9.51. The molecular formula is C14H18O5S. The summed E-state index contributed by atoms with van der Waals surface area (Å²) in [6.07, 6.45) is 0.935. The van der Waals surface area contributed by atoms with Crippen molar-refractivity contribution in [3.8, 4) is 0 Å². The maximum atomic E-state index is 11.4. The maximum Gasteiger partial charge on any atom is 0.337 e. The molecule has 110 valence electrons. The number of benzene rings is 1. The van der Waals surface area contributed by atoms with Crippen molar-refractivity contribution in [1.82, 2.24) is 0 Å². The molecule has 1 aromatic carbocycles. The Bertz CT molecular complexity index is 486. The van der Waals surface area contributed by atoms with E-state index in [0.29, 0.717) is 23.5 Å². The summed E-state index contributed by atoms with van der Waals surface area (Å²) in [5, 5.41) is 18.6.